The molecule has 6 nitrogen and oxygen atoms in total. The Bertz CT molecular complexity index is 688. The second-order valence-corrected chi connectivity index (χ2v) is 4.83. The van der Waals surface area contributed by atoms with Crippen molar-refractivity contribution in [1.82, 2.24) is 24.7 Å². The van der Waals surface area contributed by atoms with Crippen LogP contribution < -0.4 is 5.32 Å². The summed E-state index contributed by atoms with van der Waals surface area (Å²) in [5.74, 6) is 1.70. The third-order valence-corrected chi connectivity index (χ3v) is 3.63. The Morgan fingerprint density at radius 2 is 2.16 bits per heavy atom. The van der Waals surface area contributed by atoms with Gasteiger partial charge in [0.2, 0.25) is 5.95 Å². The van der Waals surface area contributed by atoms with Crippen LogP contribution in [0.15, 0.2) is 29.9 Å². The summed E-state index contributed by atoms with van der Waals surface area (Å²) in [5, 5.41) is 9.13. The number of rotatable bonds is 3. The Hall–Kier alpha value is -2.28. The van der Waals surface area contributed by atoms with Gasteiger partial charge in [0.05, 0.1) is 4.88 Å². The van der Waals surface area contributed by atoms with Gasteiger partial charge in [-0.2, -0.15) is 20.1 Å². The molecule has 3 heterocycles. The number of anilines is 1. The fraction of sp³-hybridized carbons (Fsp3) is 0.167. The smallest absolute Gasteiger partial charge is 0.255 e. The summed E-state index contributed by atoms with van der Waals surface area (Å²) in [6, 6.07) is 3.88. The van der Waals surface area contributed by atoms with Gasteiger partial charge in [-0.05, 0) is 30.0 Å². The van der Waals surface area contributed by atoms with E-state index in [1.54, 1.807) is 35.5 Å². The maximum atomic E-state index is 4.48. The molecule has 0 aromatic carbocycles. The van der Waals surface area contributed by atoms with Crippen molar-refractivity contribution in [3.05, 3.63) is 35.5 Å². The Morgan fingerprint density at radius 1 is 1.26 bits per heavy atom. The van der Waals surface area contributed by atoms with Crippen LogP contribution in [-0.2, 0) is 0 Å². The summed E-state index contributed by atoms with van der Waals surface area (Å²) in [5.41, 5.74) is 1.16. The van der Waals surface area contributed by atoms with E-state index in [0.29, 0.717) is 17.7 Å². The molecule has 7 heteroatoms. The molecule has 19 heavy (non-hydrogen) atoms. The summed E-state index contributed by atoms with van der Waals surface area (Å²) in [4.78, 5) is 14.2. The minimum atomic E-state index is 0.507. The molecule has 0 unspecified atom stereocenters. The molecule has 1 N–H and O–H groups in total. The molecule has 0 saturated heterocycles. The van der Waals surface area contributed by atoms with Crippen LogP contribution in [0, 0.1) is 6.92 Å². The van der Waals surface area contributed by atoms with Crippen LogP contribution in [-0.4, -0.2) is 31.8 Å². The third kappa shape index (κ3) is 2.19. The quantitative estimate of drug-likeness (QED) is 0.791. The Kier molecular flexibility index (Phi) is 2.96. The lowest BCUT2D eigenvalue weighted by molar-refractivity contribution is 0.800. The Morgan fingerprint density at radius 3 is 2.79 bits per heavy atom. The number of aryl methyl sites for hydroxylation is 1. The second kappa shape index (κ2) is 4.77. The van der Waals surface area contributed by atoms with Crippen LogP contribution in [0.4, 0.5) is 5.95 Å². The summed E-state index contributed by atoms with van der Waals surface area (Å²) < 4.78 is 1.62. The lowest BCUT2D eigenvalue weighted by Crippen LogP contribution is -2.08. The van der Waals surface area contributed by atoms with Gasteiger partial charge in [-0.15, -0.1) is 11.3 Å². The first kappa shape index (κ1) is 11.8. The number of hydrogen-bond donors (Lipinski definition) is 1. The largest absolute Gasteiger partial charge is 0.357 e. The van der Waals surface area contributed by atoms with Crippen LogP contribution in [0.3, 0.4) is 0 Å². The molecule has 0 amide bonds. The van der Waals surface area contributed by atoms with E-state index < -0.39 is 0 Å². The fourth-order valence-electron chi connectivity index (χ4n) is 1.67. The molecule has 0 aliphatic heterocycles. The molecule has 0 radical (unpaired) electrons. The minimum absolute atomic E-state index is 0.507. The molecule has 3 aromatic heterocycles. The van der Waals surface area contributed by atoms with Crippen molar-refractivity contribution in [2.45, 2.75) is 6.92 Å². The number of thiophene rings is 1. The average molecular weight is 272 g/mol. The van der Waals surface area contributed by atoms with Gasteiger partial charge in [0.15, 0.2) is 5.82 Å². The number of nitrogens with one attached hydrogen (secondary N) is 1. The first-order valence-electron chi connectivity index (χ1n) is 5.76. The molecule has 96 valence electrons. The SMILES string of the molecule is CNc1nc(-c2sccc2C)nc(-n2cccn2)n1. The van der Waals surface area contributed by atoms with Crippen molar-refractivity contribution in [2.24, 2.45) is 0 Å². The maximum absolute atomic E-state index is 4.48. The van der Waals surface area contributed by atoms with Gasteiger partial charge < -0.3 is 5.32 Å². The van der Waals surface area contributed by atoms with E-state index in [-0.39, 0.29) is 0 Å². The molecular formula is C12H12N6S. The predicted molar refractivity (Wildman–Crippen MR) is 74.5 cm³/mol. The van der Waals surface area contributed by atoms with Crippen LogP contribution in [0.25, 0.3) is 16.6 Å². The summed E-state index contributed by atoms with van der Waals surface area (Å²) >= 11 is 1.62. The lowest BCUT2D eigenvalue weighted by atomic mass is 10.3. The van der Waals surface area contributed by atoms with Gasteiger partial charge >= 0.3 is 0 Å². The molecule has 3 aromatic rings. The Balaban J connectivity index is 2.16. The van der Waals surface area contributed by atoms with Gasteiger partial charge in [-0.3, -0.25) is 0 Å². The first-order valence-corrected chi connectivity index (χ1v) is 6.64. The van der Waals surface area contributed by atoms with Gasteiger partial charge in [-0.25, -0.2) is 4.68 Å². The van der Waals surface area contributed by atoms with Crippen molar-refractivity contribution in [3.8, 4) is 16.6 Å². The average Bonchev–Trinajstić information content (AvgIpc) is 3.09. The van der Waals surface area contributed by atoms with E-state index in [9.17, 15) is 0 Å². The van der Waals surface area contributed by atoms with Crippen molar-refractivity contribution in [2.75, 3.05) is 12.4 Å². The zero-order valence-electron chi connectivity index (χ0n) is 10.5. The molecule has 0 atom stereocenters. The topological polar surface area (TPSA) is 68.5 Å². The third-order valence-electron chi connectivity index (χ3n) is 2.62. The van der Waals surface area contributed by atoms with Crippen LogP contribution in [0.5, 0.6) is 0 Å². The van der Waals surface area contributed by atoms with Crippen molar-refractivity contribution in [3.63, 3.8) is 0 Å². The van der Waals surface area contributed by atoms with Crippen molar-refractivity contribution >= 4 is 17.3 Å². The van der Waals surface area contributed by atoms with E-state index in [1.165, 1.54) is 0 Å². The van der Waals surface area contributed by atoms with Crippen LogP contribution in [0.1, 0.15) is 5.56 Å². The molecule has 3 rings (SSSR count). The van der Waals surface area contributed by atoms with Gasteiger partial charge in [0.25, 0.3) is 5.95 Å². The van der Waals surface area contributed by atoms with Gasteiger partial charge in [-0.1, -0.05) is 0 Å². The van der Waals surface area contributed by atoms with Crippen molar-refractivity contribution < 1.29 is 0 Å². The summed E-state index contributed by atoms with van der Waals surface area (Å²) in [6.07, 6.45) is 3.50. The normalized spacial score (nSPS) is 10.6. The number of aromatic nitrogens is 5. The highest BCUT2D eigenvalue weighted by Gasteiger charge is 2.12. The van der Waals surface area contributed by atoms with E-state index >= 15 is 0 Å². The summed E-state index contributed by atoms with van der Waals surface area (Å²) in [6.45, 7) is 2.04. The predicted octanol–water partition coefficient (Wildman–Crippen LogP) is 2.14. The van der Waals surface area contributed by atoms with E-state index in [1.807, 2.05) is 18.4 Å². The zero-order valence-corrected chi connectivity index (χ0v) is 11.3. The number of hydrogen-bond acceptors (Lipinski definition) is 6. The van der Waals surface area contributed by atoms with E-state index in [2.05, 4.69) is 31.4 Å². The molecule has 0 fully saturated rings. The fourth-order valence-corrected chi connectivity index (χ4v) is 2.53. The standard InChI is InChI=1S/C12H12N6S/c1-8-4-7-19-9(8)10-15-11(13-2)17-12(16-10)18-6-3-5-14-18/h3-7H,1-2H3,(H,13,15,16,17). The Labute approximate surface area is 114 Å². The molecular weight excluding hydrogens is 260 g/mol. The zero-order chi connectivity index (χ0) is 13.2. The van der Waals surface area contributed by atoms with Crippen LogP contribution >= 0.6 is 11.3 Å². The highest BCUT2D eigenvalue weighted by molar-refractivity contribution is 7.13. The van der Waals surface area contributed by atoms with Crippen molar-refractivity contribution in [1.29, 1.82) is 0 Å². The van der Waals surface area contributed by atoms with E-state index in [4.69, 9.17) is 0 Å². The second-order valence-electron chi connectivity index (χ2n) is 3.92. The first-order chi connectivity index (χ1) is 9.28. The molecule has 0 aliphatic carbocycles. The highest BCUT2D eigenvalue weighted by Crippen LogP contribution is 2.26. The molecule has 0 spiro atoms. The minimum Gasteiger partial charge on any atom is -0.357 e. The molecule has 0 saturated carbocycles. The molecule has 0 bridgehead atoms. The lowest BCUT2D eigenvalue weighted by Gasteiger charge is -2.06. The van der Waals surface area contributed by atoms with Gasteiger partial charge in [0, 0.05) is 19.4 Å². The summed E-state index contributed by atoms with van der Waals surface area (Å²) in [7, 11) is 1.78. The highest BCUT2D eigenvalue weighted by atomic mass is 32.1. The van der Waals surface area contributed by atoms with Gasteiger partial charge in [0.1, 0.15) is 0 Å². The monoisotopic (exact) mass is 272 g/mol. The van der Waals surface area contributed by atoms with E-state index in [0.717, 1.165) is 10.4 Å². The van der Waals surface area contributed by atoms with Crippen LogP contribution in [0.2, 0.25) is 0 Å². The maximum Gasteiger partial charge on any atom is 0.255 e. The molecule has 0 aliphatic rings. The number of nitrogens with zero attached hydrogens (tertiary/aromatic N) is 5.